The Labute approximate surface area is 171 Å². The Bertz CT molecular complexity index is 864. The number of aryl methyl sites for hydroxylation is 3. The number of benzene rings is 1. The molecule has 2 N–H and O–H groups in total. The molecule has 29 heavy (non-hydrogen) atoms. The average Bonchev–Trinajstić information content (AvgIpc) is 3.00. The topological polar surface area (TPSA) is 95.7 Å². The lowest BCUT2D eigenvalue weighted by atomic mass is 9.73. The van der Waals surface area contributed by atoms with Crippen LogP contribution in [0.4, 0.5) is 0 Å². The summed E-state index contributed by atoms with van der Waals surface area (Å²) < 4.78 is 1.67. The molecule has 0 bridgehead atoms. The van der Waals surface area contributed by atoms with E-state index < -0.39 is 17.5 Å². The molecule has 0 saturated carbocycles. The van der Waals surface area contributed by atoms with Crippen molar-refractivity contribution in [2.24, 2.45) is 12.5 Å². The quantitative estimate of drug-likeness (QED) is 0.742. The van der Waals surface area contributed by atoms with Crippen molar-refractivity contribution >= 4 is 11.9 Å². The number of carbonyl (C=O) groups excluding carboxylic acids is 1. The molecule has 0 radical (unpaired) electrons. The second kappa shape index (κ2) is 8.78. The van der Waals surface area contributed by atoms with Crippen LogP contribution in [0.5, 0.6) is 0 Å². The Kier molecular flexibility index (Phi) is 6.37. The lowest BCUT2D eigenvalue weighted by Crippen LogP contribution is -2.57. The van der Waals surface area contributed by atoms with E-state index in [2.05, 4.69) is 5.10 Å². The van der Waals surface area contributed by atoms with Gasteiger partial charge in [0, 0.05) is 31.9 Å². The molecule has 0 aliphatic carbocycles. The minimum absolute atomic E-state index is 0.0381. The second-order valence-electron chi connectivity index (χ2n) is 8.01. The summed E-state index contributed by atoms with van der Waals surface area (Å²) in [5.74, 6) is -1.16. The summed E-state index contributed by atoms with van der Waals surface area (Å²) in [6.45, 7) is 2.26. The van der Waals surface area contributed by atoms with Gasteiger partial charge in [-0.25, -0.2) is 0 Å². The van der Waals surface area contributed by atoms with E-state index in [0.717, 1.165) is 23.2 Å². The van der Waals surface area contributed by atoms with Crippen LogP contribution < -0.4 is 0 Å². The number of likely N-dealkylation sites (tertiary alicyclic amines) is 1. The third-order valence-corrected chi connectivity index (χ3v) is 5.95. The van der Waals surface area contributed by atoms with E-state index in [1.807, 2.05) is 43.5 Å². The van der Waals surface area contributed by atoms with Gasteiger partial charge < -0.3 is 15.1 Å². The van der Waals surface area contributed by atoms with Crippen LogP contribution in [0.25, 0.3) is 0 Å². The van der Waals surface area contributed by atoms with E-state index in [9.17, 15) is 19.8 Å². The SMILES string of the molecule is Cc1nn(C)cc1CC(=O)N1CC[C@H](O)[C@](CCCc2ccccc2)(C(=O)O)C1. The minimum Gasteiger partial charge on any atom is -0.481 e. The second-order valence-corrected chi connectivity index (χ2v) is 8.01. The monoisotopic (exact) mass is 399 g/mol. The van der Waals surface area contributed by atoms with E-state index in [1.165, 1.54) is 0 Å². The van der Waals surface area contributed by atoms with Gasteiger partial charge in [-0.3, -0.25) is 14.3 Å². The molecule has 7 nitrogen and oxygen atoms in total. The normalized spacial score (nSPS) is 21.9. The summed E-state index contributed by atoms with van der Waals surface area (Å²) in [7, 11) is 1.81. The molecule has 1 aliphatic rings. The first-order chi connectivity index (χ1) is 13.8. The predicted octanol–water partition coefficient (Wildman–Crippen LogP) is 1.96. The standard InChI is InChI=1S/C22H29N3O4/c1-16-18(14-24(2)23-16)13-20(27)25-12-10-19(26)22(15-25,21(28)29)11-6-9-17-7-4-3-5-8-17/h3-5,7-8,14,19,26H,6,9-13,15H2,1-2H3,(H,28,29)/t19-,22+/m0/s1. The van der Waals surface area contributed by atoms with Crippen LogP contribution in [0.3, 0.4) is 0 Å². The van der Waals surface area contributed by atoms with E-state index in [-0.39, 0.29) is 25.3 Å². The van der Waals surface area contributed by atoms with Crippen molar-refractivity contribution < 1.29 is 19.8 Å². The molecule has 2 heterocycles. The first kappa shape index (κ1) is 21.0. The summed E-state index contributed by atoms with van der Waals surface area (Å²) in [6, 6.07) is 9.88. The van der Waals surface area contributed by atoms with Gasteiger partial charge in [-0.1, -0.05) is 30.3 Å². The molecule has 1 aromatic carbocycles. The first-order valence-electron chi connectivity index (χ1n) is 10.0. The van der Waals surface area contributed by atoms with Gasteiger partial charge in [-0.05, 0) is 38.2 Å². The Morgan fingerprint density at radius 3 is 2.62 bits per heavy atom. The van der Waals surface area contributed by atoms with Crippen LogP contribution >= 0.6 is 0 Å². The molecule has 156 valence electrons. The van der Waals surface area contributed by atoms with Gasteiger partial charge >= 0.3 is 5.97 Å². The van der Waals surface area contributed by atoms with Gasteiger partial charge in [0.1, 0.15) is 5.41 Å². The van der Waals surface area contributed by atoms with Crippen molar-refractivity contribution in [2.75, 3.05) is 13.1 Å². The Balaban J connectivity index is 1.69. The molecule has 0 spiro atoms. The fourth-order valence-corrected chi connectivity index (χ4v) is 4.20. The largest absolute Gasteiger partial charge is 0.481 e. The summed E-state index contributed by atoms with van der Waals surface area (Å²) in [5.41, 5.74) is 1.45. The van der Waals surface area contributed by atoms with Crippen molar-refractivity contribution in [3.8, 4) is 0 Å². The molecular formula is C22H29N3O4. The fourth-order valence-electron chi connectivity index (χ4n) is 4.20. The van der Waals surface area contributed by atoms with Gasteiger partial charge in [-0.2, -0.15) is 5.10 Å². The smallest absolute Gasteiger partial charge is 0.314 e. The van der Waals surface area contributed by atoms with Crippen molar-refractivity contribution in [2.45, 2.75) is 45.1 Å². The predicted molar refractivity (Wildman–Crippen MR) is 108 cm³/mol. The average molecular weight is 399 g/mol. The lowest BCUT2D eigenvalue weighted by Gasteiger charge is -2.43. The molecule has 3 rings (SSSR count). The maximum Gasteiger partial charge on any atom is 0.314 e. The number of hydrogen-bond donors (Lipinski definition) is 2. The number of amides is 1. The van der Waals surface area contributed by atoms with Crippen molar-refractivity contribution in [1.29, 1.82) is 0 Å². The van der Waals surface area contributed by atoms with Crippen molar-refractivity contribution in [3.63, 3.8) is 0 Å². The highest BCUT2D eigenvalue weighted by atomic mass is 16.4. The number of carbonyl (C=O) groups is 2. The van der Waals surface area contributed by atoms with Crippen LogP contribution in [0, 0.1) is 12.3 Å². The molecule has 2 aromatic rings. The van der Waals surface area contributed by atoms with Gasteiger partial charge in [0.25, 0.3) is 0 Å². The number of carboxylic acids is 1. The number of aliphatic hydroxyl groups is 1. The number of aliphatic carboxylic acids is 1. The number of hydrogen-bond acceptors (Lipinski definition) is 4. The molecule has 1 amide bonds. The van der Waals surface area contributed by atoms with Gasteiger partial charge in [0.05, 0.1) is 18.2 Å². The van der Waals surface area contributed by atoms with Gasteiger partial charge in [-0.15, -0.1) is 0 Å². The number of aromatic nitrogens is 2. The number of piperidine rings is 1. The summed E-state index contributed by atoms with van der Waals surface area (Å²) in [4.78, 5) is 26.7. The Morgan fingerprint density at radius 1 is 1.28 bits per heavy atom. The number of nitrogens with zero attached hydrogens (tertiary/aromatic N) is 3. The van der Waals surface area contributed by atoms with Crippen LogP contribution in [0.2, 0.25) is 0 Å². The first-order valence-corrected chi connectivity index (χ1v) is 10.0. The van der Waals surface area contributed by atoms with Gasteiger partial charge in [0.2, 0.25) is 5.91 Å². The van der Waals surface area contributed by atoms with E-state index in [0.29, 0.717) is 19.4 Å². The molecule has 1 aromatic heterocycles. The van der Waals surface area contributed by atoms with Gasteiger partial charge in [0.15, 0.2) is 0 Å². The van der Waals surface area contributed by atoms with Crippen molar-refractivity contribution in [3.05, 3.63) is 53.3 Å². The lowest BCUT2D eigenvalue weighted by molar-refractivity contribution is -0.166. The molecule has 1 aliphatic heterocycles. The maximum atomic E-state index is 12.9. The number of aliphatic hydroxyl groups excluding tert-OH is 1. The van der Waals surface area contributed by atoms with Crippen LogP contribution in [-0.4, -0.2) is 56.0 Å². The summed E-state index contributed by atoms with van der Waals surface area (Å²) in [5, 5.41) is 24.8. The van der Waals surface area contributed by atoms with Crippen LogP contribution in [0.15, 0.2) is 36.5 Å². The number of rotatable bonds is 7. The molecule has 1 fully saturated rings. The van der Waals surface area contributed by atoms with E-state index in [4.69, 9.17) is 0 Å². The van der Waals surface area contributed by atoms with Crippen molar-refractivity contribution in [1.82, 2.24) is 14.7 Å². The molecular weight excluding hydrogens is 370 g/mol. The van der Waals surface area contributed by atoms with Crippen LogP contribution in [-0.2, 0) is 29.5 Å². The fraction of sp³-hybridized carbons (Fsp3) is 0.500. The zero-order valence-electron chi connectivity index (χ0n) is 17.0. The maximum absolute atomic E-state index is 12.9. The molecule has 2 atom stereocenters. The highest BCUT2D eigenvalue weighted by molar-refractivity contribution is 5.81. The zero-order chi connectivity index (χ0) is 21.0. The Hall–Kier alpha value is -2.67. The van der Waals surface area contributed by atoms with E-state index >= 15 is 0 Å². The Morgan fingerprint density at radius 2 is 2.00 bits per heavy atom. The zero-order valence-corrected chi connectivity index (χ0v) is 17.0. The molecule has 7 heteroatoms. The number of carboxylic acid groups (broad SMARTS) is 1. The minimum atomic E-state index is -1.33. The summed E-state index contributed by atoms with van der Waals surface area (Å²) in [6.07, 6.45) is 3.03. The molecule has 1 saturated heterocycles. The molecule has 0 unspecified atom stereocenters. The third-order valence-electron chi connectivity index (χ3n) is 5.95. The highest BCUT2D eigenvalue weighted by Gasteiger charge is 2.49. The summed E-state index contributed by atoms with van der Waals surface area (Å²) >= 11 is 0. The third kappa shape index (κ3) is 4.67. The highest BCUT2D eigenvalue weighted by Crippen LogP contribution is 2.36. The van der Waals surface area contributed by atoms with Crippen LogP contribution in [0.1, 0.15) is 36.1 Å². The van der Waals surface area contributed by atoms with E-state index in [1.54, 1.807) is 16.6 Å².